The number of nitrogens with zero attached hydrogens (tertiary/aromatic N) is 4. The Morgan fingerprint density at radius 3 is 2.56 bits per heavy atom. The van der Waals surface area contributed by atoms with Crippen LogP contribution in [-0.2, 0) is 6.61 Å². The third-order valence-corrected chi connectivity index (χ3v) is 4.91. The zero-order valence-corrected chi connectivity index (χ0v) is 15.4. The van der Waals surface area contributed by atoms with E-state index in [0.29, 0.717) is 16.5 Å². The Balaban J connectivity index is 1.51. The number of halogens is 1. The van der Waals surface area contributed by atoms with Crippen molar-refractivity contribution in [3.05, 3.63) is 71.2 Å². The first kappa shape index (κ1) is 17.4. The summed E-state index contributed by atoms with van der Waals surface area (Å²) in [7, 11) is 0. The second kappa shape index (κ2) is 7.71. The van der Waals surface area contributed by atoms with E-state index < -0.39 is 0 Å². The molecule has 0 amide bonds. The minimum Gasteiger partial charge on any atom is -0.486 e. The van der Waals surface area contributed by atoms with E-state index in [-0.39, 0.29) is 18.5 Å². The monoisotopic (exact) mass is 384 g/mol. The lowest BCUT2D eigenvalue weighted by molar-refractivity contribution is 0.199. The molecule has 0 spiro atoms. The van der Waals surface area contributed by atoms with Crippen LogP contribution in [0, 0.1) is 5.82 Å². The van der Waals surface area contributed by atoms with E-state index in [9.17, 15) is 4.39 Å². The van der Waals surface area contributed by atoms with Crippen molar-refractivity contribution in [2.45, 2.75) is 26.1 Å². The van der Waals surface area contributed by atoms with Crippen LogP contribution >= 0.6 is 11.3 Å². The summed E-state index contributed by atoms with van der Waals surface area (Å²) < 4.78 is 26.3. The van der Waals surface area contributed by atoms with Gasteiger partial charge in [-0.1, -0.05) is 36.5 Å². The van der Waals surface area contributed by atoms with Crippen LogP contribution in [0.25, 0.3) is 4.96 Å². The van der Waals surface area contributed by atoms with Gasteiger partial charge in [-0.3, -0.25) is 0 Å². The molecule has 6 nitrogen and oxygen atoms in total. The SMILES string of the molecule is CC[C@H](Oc1ccccc1)c1nn2c(COc3ccc(F)cc3)nnc2s1. The molecule has 0 aliphatic rings. The number of rotatable bonds is 7. The van der Waals surface area contributed by atoms with E-state index in [0.717, 1.165) is 17.2 Å². The first-order valence-electron chi connectivity index (χ1n) is 8.54. The molecule has 0 N–H and O–H groups in total. The predicted octanol–water partition coefficient (Wildman–Crippen LogP) is 4.43. The summed E-state index contributed by atoms with van der Waals surface area (Å²) in [6.45, 7) is 2.24. The van der Waals surface area contributed by atoms with Crippen molar-refractivity contribution < 1.29 is 13.9 Å². The van der Waals surface area contributed by atoms with Crippen LogP contribution in [0.3, 0.4) is 0 Å². The normalized spacial score (nSPS) is 12.2. The van der Waals surface area contributed by atoms with Crippen LogP contribution in [0.4, 0.5) is 4.39 Å². The quantitative estimate of drug-likeness (QED) is 0.472. The van der Waals surface area contributed by atoms with Crippen molar-refractivity contribution in [3.8, 4) is 11.5 Å². The van der Waals surface area contributed by atoms with Crippen molar-refractivity contribution in [2.24, 2.45) is 0 Å². The molecule has 0 radical (unpaired) electrons. The largest absolute Gasteiger partial charge is 0.486 e. The Hall–Kier alpha value is -3.00. The highest BCUT2D eigenvalue weighted by Gasteiger charge is 2.20. The molecule has 0 bridgehead atoms. The van der Waals surface area contributed by atoms with Crippen LogP contribution in [-0.4, -0.2) is 19.8 Å². The topological polar surface area (TPSA) is 61.5 Å². The summed E-state index contributed by atoms with van der Waals surface area (Å²) in [4.78, 5) is 0.679. The fourth-order valence-corrected chi connectivity index (χ4v) is 3.51. The number of aromatic nitrogens is 4. The van der Waals surface area contributed by atoms with E-state index >= 15 is 0 Å². The highest BCUT2D eigenvalue weighted by atomic mass is 32.1. The standard InChI is InChI=1S/C19H17FN4O2S/c1-2-16(26-15-6-4-3-5-7-15)18-23-24-17(21-22-19(24)27-18)12-25-14-10-8-13(20)9-11-14/h3-11,16H,2,12H2,1H3/t16-/m0/s1. The average Bonchev–Trinajstić information content (AvgIpc) is 3.28. The highest BCUT2D eigenvalue weighted by Crippen LogP contribution is 2.28. The number of ether oxygens (including phenoxy) is 2. The average molecular weight is 384 g/mol. The van der Waals surface area contributed by atoms with Crippen LogP contribution in [0.2, 0.25) is 0 Å². The van der Waals surface area contributed by atoms with Crippen LogP contribution in [0.5, 0.6) is 11.5 Å². The molecule has 0 fully saturated rings. The smallest absolute Gasteiger partial charge is 0.234 e. The molecular formula is C19H17FN4O2S. The number of hydrogen-bond donors (Lipinski definition) is 0. The van der Waals surface area contributed by atoms with Gasteiger partial charge in [0.15, 0.2) is 16.9 Å². The summed E-state index contributed by atoms with van der Waals surface area (Å²) in [6.07, 6.45) is 0.616. The maximum atomic E-state index is 13.0. The number of hydrogen-bond acceptors (Lipinski definition) is 6. The molecular weight excluding hydrogens is 367 g/mol. The van der Waals surface area contributed by atoms with Crippen LogP contribution in [0.15, 0.2) is 54.6 Å². The molecule has 27 heavy (non-hydrogen) atoms. The zero-order valence-electron chi connectivity index (χ0n) is 14.6. The van der Waals surface area contributed by atoms with Gasteiger partial charge < -0.3 is 9.47 Å². The summed E-state index contributed by atoms with van der Waals surface area (Å²) in [6, 6.07) is 15.5. The van der Waals surface area contributed by atoms with E-state index in [1.165, 1.54) is 23.5 Å². The van der Waals surface area contributed by atoms with Crippen molar-refractivity contribution in [2.75, 3.05) is 0 Å². The molecule has 0 saturated carbocycles. The molecule has 4 aromatic rings. The number of fused-ring (bicyclic) bond motifs is 1. The molecule has 0 unspecified atom stereocenters. The molecule has 138 valence electrons. The second-order valence-electron chi connectivity index (χ2n) is 5.82. The summed E-state index contributed by atoms with van der Waals surface area (Å²) >= 11 is 1.44. The molecule has 1 atom stereocenters. The minimum absolute atomic E-state index is 0.162. The number of para-hydroxylation sites is 1. The molecule has 2 aromatic heterocycles. The summed E-state index contributed by atoms with van der Waals surface area (Å²) in [5, 5.41) is 13.7. The Labute approximate surface area is 159 Å². The number of benzene rings is 2. The highest BCUT2D eigenvalue weighted by molar-refractivity contribution is 7.16. The maximum absolute atomic E-state index is 13.0. The van der Waals surface area contributed by atoms with Gasteiger partial charge in [0.1, 0.15) is 23.9 Å². The Bertz CT molecular complexity index is 1020. The lowest BCUT2D eigenvalue weighted by Gasteiger charge is -2.14. The lowest BCUT2D eigenvalue weighted by Crippen LogP contribution is -2.08. The first-order valence-corrected chi connectivity index (χ1v) is 9.35. The van der Waals surface area contributed by atoms with E-state index in [2.05, 4.69) is 22.2 Å². The van der Waals surface area contributed by atoms with E-state index in [1.807, 2.05) is 30.3 Å². The van der Waals surface area contributed by atoms with Crippen LogP contribution < -0.4 is 9.47 Å². The molecule has 2 aromatic carbocycles. The minimum atomic E-state index is -0.305. The zero-order chi connectivity index (χ0) is 18.6. The molecule has 2 heterocycles. The van der Waals surface area contributed by atoms with Gasteiger partial charge in [0.05, 0.1) is 0 Å². The third kappa shape index (κ3) is 3.90. The van der Waals surface area contributed by atoms with E-state index in [4.69, 9.17) is 9.47 Å². The predicted molar refractivity (Wildman–Crippen MR) is 99.5 cm³/mol. The van der Waals surface area contributed by atoms with Crippen LogP contribution in [0.1, 0.15) is 30.3 Å². The van der Waals surface area contributed by atoms with Gasteiger partial charge >= 0.3 is 0 Å². The van der Waals surface area contributed by atoms with E-state index in [1.54, 1.807) is 16.6 Å². The summed E-state index contributed by atoms with van der Waals surface area (Å²) in [5.74, 6) is 1.63. The molecule has 0 saturated heterocycles. The van der Waals surface area contributed by atoms with Gasteiger partial charge in [-0.25, -0.2) is 4.39 Å². The van der Waals surface area contributed by atoms with Crippen molar-refractivity contribution in [1.29, 1.82) is 0 Å². The van der Waals surface area contributed by atoms with Gasteiger partial charge in [0.25, 0.3) is 0 Å². The molecule has 8 heteroatoms. The fraction of sp³-hybridized carbons (Fsp3) is 0.211. The first-order chi connectivity index (χ1) is 13.2. The Kier molecular flexibility index (Phi) is 4.97. The molecule has 0 aliphatic heterocycles. The third-order valence-electron chi connectivity index (χ3n) is 3.92. The van der Waals surface area contributed by atoms with Gasteiger partial charge in [0, 0.05) is 0 Å². The van der Waals surface area contributed by atoms with Crippen molar-refractivity contribution >= 4 is 16.3 Å². The summed E-state index contributed by atoms with van der Waals surface area (Å²) in [5.41, 5.74) is 0. The molecule has 0 aliphatic carbocycles. The maximum Gasteiger partial charge on any atom is 0.234 e. The lowest BCUT2D eigenvalue weighted by atomic mass is 10.3. The van der Waals surface area contributed by atoms with Gasteiger partial charge in [-0.2, -0.15) is 9.61 Å². The van der Waals surface area contributed by atoms with Gasteiger partial charge in [-0.15, -0.1) is 10.2 Å². The second-order valence-corrected chi connectivity index (χ2v) is 6.81. The molecule has 4 rings (SSSR count). The van der Waals surface area contributed by atoms with Crippen molar-refractivity contribution in [1.82, 2.24) is 19.8 Å². The Morgan fingerprint density at radius 1 is 1.04 bits per heavy atom. The fourth-order valence-electron chi connectivity index (χ4n) is 2.54. The van der Waals surface area contributed by atoms with Crippen molar-refractivity contribution in [3.63, 3.8) is 0 Å². The Morgan fingerprint density at radius 2 is 1.81 bits per heavy atom. The van der Waals surface area contributed by atoms with Gasteiger partial charge in [-0.05, 0) is 42.8 Å². The van der Waals surface area contributed by atoms with Gasteiger partial charge in [0.2, 0.25) is 4.96 Å².